The minimum atomic E-state index is -2.67. The van der Waals surface area contributed by atoms with Crippen LogP contribution in [0.5, 0.6) is 6.01 Å². The maximum Gasteiger partial charge on any atom is 0.319 e. The molecule has 4 fully saturated rings. The zero-order valence-corrected chi connectivity index (χ0v) is 26.2. The van der Waals surface area contributed by atoms with Crippen molar-refractivity contribution in [2.24, 2.45) is 5.41 Å². The van der Waals surface area contributed by atoms with Crippen molar-refractivity contribution in [3.8, 4) is 17.3 Å². The lowest BCUT2D eigenvalue weighted by molar-refractivity contribution is -0.163. The van der Waals surface area contributed by atoms with Crippen molar-refractivity contribution in [2.75, 3.05) is 37.7 Å². The number of benzene rings is 1. The third-order valence-electron chi connectivity index (χ3n) is 10.4. The van der Waals surface area contributed by atoms with Crippen molar-refractivity contribution >= 4 is 45.3 Å². The molecule has 8 nitrogen and oxygen atoms in total. The molecule has 1 saturated carbocycles. The number of hydrogen-bond donors (Lipinski definition) is 1. The van der Waals surface area contributed by atoms with Crippen LogP contribution in [0.2, 0.25) is 5.02 Å². The highest BCUT2D eigenvalue weighted by atomic mass is 35.5. The van der Waals surface area contributed by atoms with Crippen LogP contribution in [0.1, 0.15) is 57.4 Å². The van der Waals surface area contributed by atoms with Gasteiger partial charge in [-0.1, -0.05) is 23.8 Å². The van der Waals surface area contributed by atoms with Gasteiger partial charge in [0.05, 0.1) is 27.7 Å². The van der Waals surface area contributed by atoms with Crippen LogP contribution >= 0.6 is 11.6 Å². The van der Waals surface area contributed by atoms with Gasteiger partial charge >= 0.3 is 6.01 Å². The smallest absolute Gasteiger partial charge is 0.319 e. The molecule has 2 atom stereocenters. The highest BCUT2D eigenvalue weighted by Gasteiger charge is 2.57. The van der Waals surface area contributed by atoms with Crippen molar-refractivity contribution in [3.63, 3.8) is 0 Å². The summed E-state index contributed by atoms with van der Waals surface area (Å²) in [5.74, 6) is -2.96. The molecule has 242 valence electrons. The number of nitrogens with zero attached hydrogens (tertiary/aromatic N) is 6. The molecule has 1 spiro atoms. The summed E-state index contributed by atoms with van der Waals surface area (Å²) < 4.78 is 65.8. The van der Waals surface area contributed by atoms with Gasteiger partial charge in [-0.25, -0.2) is 17.6 Å². The molecule has 0 bridgehead atoms. The Labute approximate surface area is 268 Å². The number of aromatic amines is 1. The molecule has 13 heteroatoms. The molecule has 3 saturated heterocycles. The number of anilines is 1. The lowest BCUT2D eigenvalue weighted by atomic mass is 9.62. The number of aromatic nitrogens is 5. The highest BCUT2D eigenvalue weighted by molar-refractivity contribution is 6.33. The van der Waals surface area contributed by atoms with Crippen LogP contribution in [0.15, 0.2) is 24.5 Å². The molecule has 1 N–H and O–H groups in total. The highest BCUT2D eigenvalue weighted by Crippen LogP contribution is 2.56. The zero-order chi connectivity index (χ0) is 31.8. The summed E-state index contributed by atoms with van der Waals surface area (Å²) in [4.78, 5) is 18.0. The van der Waals surface area contributed by atoms with Crippen LogP contribution in [-0.4, -0.2) is 80.5 Å². The Morgan fingerprint density at radius 2 is 1.96 bits per heavy atom. The maximum atomic E-state index is 16.9. The van der Waals surface area contributed by atoms with E-state index in [1.54, 1.807) is 18.3 Å². The first-order chi connectivity index (χ1) is 22.1. The second-order valence-corrected chi connectivity index (χ2v) is 14.0. The second kappa shape index (κ2) is 10.8. The Bertz CT molecular complexity index is 1870. The summed E-state index contributed by atoms with van der Waals surface area (Å²) in [5, 5.41) is 8.45. The third kappa shape index (κ3) is 4.82. The zero-order valence-electron chi connectivity index (χ0n) is 25.4. The summed E-state index contributed by atoms with van der Waals surface area (Å²) in [7, 11) is 0. The number of allylic oxidation sites excluding steroid dienone is 1. The average Bonchev–Trinajstić information content (AvgIpc) is 3.70. The summed E-state index contributed by atoms with van der Waals surface area (Å²) in [5.41, 5.74) is 0.733. The molecule has 8 rings (SSSR count). The number of H-pyrrole nitrogens is 1. The van der Waals surface area contributed by atoms with Gasteiger partial charge in [-0.2, -0.15) is 15.1 Å². The van der Waals surface area contributed by atoms with Crippen molar-refractivity contribution < 1.29 is 22.3 Å². The first-order valence-corrected chi connectivity index (χ1v) is 16.3. The van der Waals surface area contributed by atoms with E-state index in [1.807, 2.05) is 17.9 Å². The first-order valence-electron chi connectivity index (χ1n) is 15.9. The molecule has 46 heavy (non-hydrogen) atoms. The predicted molar refractivity (Wildman–Crippen MR) is 169 cm³/mol. The lowest BCUT2D eigenvalue weighted by Crippen LogP contribution is -2.55. The van der Waals surface area contributed by atoms with E-state index in [-0.39, 0.29) is 36.7 Å². The van der Waals surface area contributed by atoms with Crippen LogP contribution in [0, 0.1) is 11.2 Å². The second-order valence-electron chi connectivity index (χ2n) is 13.6. The van der Waals surface area contributed by atoms with Gasteiger partial charge < -0.3 is 9.64 Å². The first kappa shape index (κ1) is 29.9. The van der Waals surface area contributed by atoms with Crippen LogP contribution < -0.4 is 9.64 Å². The van der Waals surface area contributed by atoms with Crippen molar-refractivity contribution in [3.05, 3.63) is 40.9 Å². The topological polar surface area (TPSA) is 83.1 Å². The number of hydrogen-bond acceptors (Lipinski definition) is 7. The molecule has 3 aliphatic heterocycles. The molecule has 1 aliphatic carbocycles. The van der Waals surface area contributed by atoms with Crippen LogP contribution in [-0.2, 0) is 0 Å². The Balaban J connectivity index is 1.26. The summed E-state index contributed by atoms with van der Waals surface area (Å²) in [6.07, 6.45) is 8.98. The fourth-order valence-electron chi connectivity index (χ4n) is 8.53. The number of rotatable bonds is 6. The maximum absolute atomic E-state index is 16.9. The molecule has 4 aromatic rings. The number of fused-ring (bicyclic) bond motifs is 3. The van der Waals surface area contributed by atoms with E-state index < -0.39 is 28.9 Å². The minimum absolute atomic E-state index is 0.00202. The largest absolute Gasteiger partial charge is 0.461 e. The van der Waals surface area contributed by atoms with Crippen LogP contribution in [0.3, 0.4) is 0 Å². The van der Waals surface area contributed by atoms with Crippen molar-refractivity contribution in [2.45, 2.75) is 69.5 Å². The normalized spacial score (nSPS) is 25.6. The summed E-state index contributed by atoms with van der Waals surface area (Å²) >= 11 is 6.65. The lowest BCUT2D eigenvalue weighted by Gasteiger charge is -2.52. The monoisotopic (exact) mass is 655 g/mol. The van der Waals surface area contributed by atoms with Crippen LogP contribution in [0.25, 0.3) is 39.1 Å². The average molecular weight is 656 g/mol. The van der Waals surface area contributed by atoms with Gasteiger partial charge in [-0.05, 0) is 50.6 Å². The van der Waals surface area contributed by atoms with E-state index in [9.17, 15) is 13.2 Å². The fraction of sp³-hybridized carbons (Fsp3) is 0.515. The number of ether oxygens (including phenoxy) is 1. The van der Waals surface area contributed by atoms with E-state index >= 15 is 4.39 Å². The Kier molecular flexibility index (Phi) is 6.99. The number of alkyl halides is 3. The van der Waals surface area contributed by atoms with Gasteiger partial charge in [0, 0.05) is 61.6 Å². The van der Waals surface area contributed by atoms with E-state index in [1.165, 1.54) is 6.20 Å². The van der Waals surface area contributed by atoms with Gasteiger partial charge in [-0.3, -0.25) is 15.0 Å². The van der Waals surface area contributed by atoms with Gasteiger partial charge in [0.1, 0.15) is 29.8 Å². The molecule has 3 aromatic heterocycles. The molecule has 4 aliphatic rings. The van der Waals surface area contributed by atoms with E-state index in [0.717, 1.165) is 19.4 Å². The van der Waals surface area contributed by atoms with Crippen molar-refractivity contribution in [1.29, 1.82) is 0 Å². The molecular formula is C33H34ClF4N7O. The predicted octanol–water partition coefficient (Wildman–Crippen LogP) is 7.36. The fourth-order valence-corrected chi connectivity index (χ4v) is 8.80. The van der Waals surface area contributed by atoms with Crippen LogP contribution in [0.4, 0.5) is 23.4 Å². The van der Waals surface area contributed by atoms with Gasteiger partial charge in [0.2, 0.25) is 5.92 Å². The molecule has 0 amide bonds. The Morgan fingerprint density at radius 1 is 1.13 bits per heavy atom. The summed E-state index contributed by atoms with van der Waals surface area (Å²) in [6, 6.07) is 1.70. The van der Waals surface area contributed by atoms with Gasteiger partial charge in [0.15, 0.2) is 5.82 Å². The molecule has 0 unspecified atom stereocenters. The molecule has 1 aromatic carbocycles. The van der Waals surface area contributed by atoms with E-state index in [0.29, 0.717) is 77.2 Å². The number of pyridine rings is 1. The standard InChI is InChI=1S/C33H34ClF4N7O/c1-2-5-20-23(34)10-24-21(13-40-43-24)25(20)28-26(36)27-22(12-39-28)29(44-8-3-6-31(17-44)15-33(37,38)16-31)42-30(41-27)46-18-32-7-4-9-45(32)14-19(35)11-32/h2,5,10,12-13,19H,3-4,6-9,11,14-18H2,1H3,(H,40,43)/b5-2-/t19-,32+/m1/s1. The Morgan fingerprint density at radius 3 is 2.76 bits per heavy atom. The van der Waals surface area contributed by atoms with Crippen molar-refractivity contribution in [1.82, 2.24) is 30.0 Å². The minimum Gasteiger partial charge on any atom is -0.461 e. The molecular weight excluding hydrogens is 622 g/mol. The van der Waals surface area contributed by atoms with E-state index in [2.05, 4.69) is 25.1 Å². The molecule has 6 heterocycles. The number of halogens is 5. The van der Waals surface area contributed by atoms with E-state index in [4.69, 9.17) is 21.3 Å². The quantitative estimate of drug-likeness (QED) is 0.217. The summed E-state index contributed by atoms with van der Waals surface area (Å²) in [6.45, 7) is 4.12. The SMILES string of the molecule is C/C=C\c1c(Cl)cc2[nH]ncc2c1-c1ncc2c(N3CCCC4(C3)CC(F)(F)C4)nc(OC[C@@]34CCCN3C[C@H](F)C4)nc2c1F. The number of piperidine rings is 1. The van der Waals surface area contributed by atoms with Gasteiger partial charge in [0.25, 0.3) is 0 Å². The Hall–Kier alpha value is -3.51. The number of nitrogens with one attached hydrogen (secondary N) is 1. The van der Waals surface area contributed by atoms with Gasteiger partial charge in [-0.15, -0.1) is 0 Å². The molecule has 0 radical (unpaired) electrons. The third-order valence-corrected chi connectivity index (χ3v) is 10.7.